The molecule has 3 heteroatoms. The molecule has 0 radical (unpaired) electrons. The molecule has 0 spiro atoms. The van der Waals surface area contributed by atoms with Gasteiger partial charge in [0.1, 0.15) is 0 Å². The van der Waals surface area contributed by atoms with E-state index in [4.69, 9.17) is 0 Å². The minimum absolute atomic E-state index is 0.334. The number of hydrogen-bond acceptors (Lipinski definition) is 2. The molecule has 0 unspecified atom stereocenters. The zero-order chi connectivity index (χ0) is 8.86. The first-order valence-corrected chi connectivity index (χ1v) is 11.8. The molecule has 1 aliphatic rings. The van der Waals surface area contributed by atoms with Crippen LogP contribution in [0.3, 0.4) is 0 Å². The van der Waals surface area contributed by atoms with Gasteiger partial charge in [-0.15, -0.1) is 0 Å². The van der Waals surface area contributed by atoms with Crippen molar-refractivity contribution in [2.45, 2.75) is 35.8 Å². The van der Waals surface area contributed by atoms with Crippen molar-refractivity contribution in [3.05, 3.63) is 0 Å². The van der Waals surface area contributed by atoms with Gasteiger partial charge < -0.3 is 0 Å². The van der Waals surface area contributed by atoms with Crippen molar-refractivity contribution in [2.24, 2.45) is 0 Å². The third kappa shape index (κ3) is 1.06. The monoisotopic (exact) mass is 264 g/mol. The Labute approximate surface area is 75.1 Å². The predicted octanol–water partition coefficient (Wildman–Crippen LogP) is 1.69. The molecule has 0 aromatic rings. The summed E-state index contributed by atoms with van der Waals surface area (Å²) in [7, 11) is 4.58. The molecule has 1 aliphatic heterocycles. The number of hydrogen-bond donors (Lipinski definition) is 0. The molecule has 1 heterocycles. The van der Waals surface area contributed by atoms with E-state index in [2.05, 4.69) is 46.0 Å². The Morgan fingerprint density at radius 1 is 1.18 bits per heavy atom. The van der Waals surface area contributed by atoms with Gasteiger partial charge in [0.25, 0.3) is 0 Å². The molecular weight excluding hydrogens is 243 g/mol. The van der Waals surface area contributed by atoms with E-state index in [0.29, 0.717) is 5.66 Å². The maximum absolute atomic E-state index is 2.64. The van der Waals surface area contributed by atoms with Gasteiger partial charge in [-0.3, -0.25) is 0 Å². The van der Waals surface area contributed by atoms with Crippen LogP contribution in [0.2, 0.25) is 9.38 Å². The van der Waals surface area contributed by atoms with E-state index in [1.807, 2.05) is 0 Å². The van der Waals surface area contributed by atoms with Gasteiger partial charge in [0.15, 0.2) is 0 Å². The summed E-state index contributed by atoms with van der Waals surface area (Å²) in [6.07, 6.45) is 0. The van der Waals surface area contributed by atoms with Crippen molar-refractivity contribution >= 4 is 18.9 Å². The normalized spacial score (nSPS) is 30.0. The molecule has 1 saturated heterocycles. The maximum atomic E-state index is 2.64. The Hall–Kier alpha value is 0.719. The molecule has 0 atom stereocenters. The molecule has 0 aromatic carbocycles. The van der Waals surface area contributed by atoms with E-state index in [1.165, 1.54) is 4.44 Å². The van der Waals surface area contributed by atoms with Crippen molar-refractivity contribution < 1.29 is 0 Å². The Morgan fingerprint density at radius 3 is 1.73 bits per heavy atom. The molecular formula is C8H20N2Sn. The van der Waals surface area contributed by atoms with Crippen molar-refractivity contribution in [3.8, 4) is 0 Å². The summed E-state index contributed by atoms with van der Waals surface area (Å²) >= 11 is -1.88. The molecule has 0 bridgehead atoms. The van der Waals surface area contributed by atoms with Crippen LogP contribution in [-0.4, -0.2) is 44.9 Å². The quantitative estimate of drug-likeness (QED) is 0.664. The average Bonchev–Trinajstić information content (AvgIpc) is 2.00. The SMILES string of the molecule is C[CH2][Sn]1([CH3])[N](C)C(C)(C)[N]1C. The molecule has 0 amide bonds. The predicted molar refractivity (Wildman–Crippen MR) is 51.7 cm³/mol. The molecule has 0 N–H and O–H groups in total. The summed E-state index contributed by atoms with van der Waals surface area (Å²) in [4.78, 5) is 2.50. The molecule has 2 nitrogen and oxygen atoms in total. The van der Waals surface area contributed by atoms with Crippen LogP contribution in [0.4, 0.5) is 0 Å². The van der Waals surface area contributed by atoms with Crippen LogP contribution >= 0.6 is 0 Å². The topological polar surface area (TPSA) is 6.48 Å². The first-order valence-electron chi connectivity index (χ1n) is 4.35. The molecule has 1 rings (SSSR count). The Morgan fingerprint density at radius 2 is 1.55 bits per heavy atom. The summed E-state index contributed by atoms with van der Waals surface area (Å²) < 4.78 is 6.68. The molecule has 0 saturated carbocycles. The zero-order valence-corrected chi connectivity index (χ0v) is 11.5. The van der Waals surface area contributed by atoms with Gasteiger partial charge in [-0.1, -0.05) is 0 Å². The third-order valence-electron chi connectivity index (χ3n) is 3.76. The average molecular weight is 263 g/mol. The summed E-state index contributed by atoms with van der Waals surface area (Å²) in [5.41, 5.74) is 0.334. The van der Waals surface area contributed by atoms with Crippen LogP contribution < -0.4 is 0 Å². The Balaban J connectivity index is 2.79. The van der Waals surface area contributed by atoms with E-state index in [-0.39, 0.29) is 0 Å². The Bertz CT molecular complexity index is 155. The van der Waals surface area contributed by atoms with Crippen LogP contribution in [0.1, 0.15) is 20.8 Å². The first-order chi connectivity index (χ1) is 4.87. The summed E-state index contributed by atoms with van der Waals surface area (Å²) in [5, 5.41) is 0. The van der Waals surface area contributed by atoms with Gasteiger partial charge in [0.05, 0.1) is 0 Å². The van der Waals surface area contributed by atoms with E-state index in [0.717, 1.165) is 0 Å². The van der Waals surface area contributed by atoms with E-state index >= 15 is 0 Å². The number of nitrogens with zero attached hydrogens (tertiary/aromatic N) is 2. The van der Waals surface area contributed by atoms with E-state index in [1.54, 1.807) is 0 Å². The van der Waals surface area contributed by atoms with Crippen LogP contribution in [0, 0.1) is 0 Å². The second kappa shape index (κ2) is 2.60. The van der Waals surface area contributed by atoms with Crippen LogP contribution in [0.25, 0.3) is 0 Å². The van der Waals surface area contributed by atoms with Gasteiger partial charge in [-0.2, -0.15) is 0 Å². The van der Waals surface area contributed by atoms with E-state index in [9.17, 15) is 0 Å². The van der Waals surface area contributed by atoms with Crippen LogP contribution in [0.15, 0.2) is 0 Å². The van der Waals surface area contributed by atoms with E-state index < -0.39 is 18.9 Å². The van der Waals surface area contributed by atoms with Gasteiger partial charge in [-0.05, 0) is 0 Å². The second-order valence-electron chi connectivity index (χ2n) is 4.18. The molecule has 66 valence electrons. The molecule has 1 fully saturated rings. The van der Waals surface area contributed by atoms with Gasteiger partial charge >= 0.3 is 75.1 Å². The van der Waals surface area contributed by atoms with Crippen molar-refractivity contribution in [1.29, 1.82) is 0 Å². The summed E-state index contributed by atoms with van der Waals surface area (Å²) in [6, 6.07) is 0. The fourth-order valence-corrected chi connectivity index (χ4v) is 13.2. The van der Waals surface area contributed by atoms with Crippen LogP contribution in [-0.2, 0) is 0 Å². The van der Waals surface area contributed by atoms with Crippen molar-refractivity contribution in [2.75, 3.05) is 14.1 Å². The van der Waals surface area contributed by atoms with Crippen molar-refractivity contribution in [3.63, 3.8) is 0 Å². The standard InChI is InChI=1S/C5H12N2.C2H5.CH3.Sn/c1-5(2,6-3)7-4;1-2;;/h1-4H3;1H2,2H3;1H3;/q-2;;;+2. The third-order valence-corrected chi connectivity index (χ3v) is 19.0. The molecule has 0 aliphatic carbocycles. The van der Waals surface area contributed by atoms with Gasteiger partial charge in [0.2, 0.25) is 0 Å². The first kappa shape index (κ1) is 9.80. The zero-order valence-electron chi connectivity index (χ0n) is 8.60. The Kier molecular flexibility index (Phi) is 2.32. The number of rotatable bonds is 1. The minimum atomic E-state index is -1.88. The molecule has 11 heavy (non-hydrogen) atoms. The fourth-order valence-electron chi connectivity index (χ4n) is 2.06. The summed E-state index contributed by atoms with van der Waals surface area (Å²) in [5.74, 6) is 0. The van der Waals surface area contributed by atoms with Crippen LogP contribution in [0.5, 0.6) is 0 Å². The van der Waals surface area contributed by atoms with Gasteiger partial charge in [-0.25, -0.2) is 0 Å². The fraction of sp³-hybridized carbons (Fsp3) is 1.00. The second-order valence-corrected chi connectivity index (χ2v) is 17.0. The van der Waals surface area contributed by atoms with Gasteiger partial charge in [0, 0.05) is 0 Å². The molecule has 0 aromatic heterocycles. The summed E-state index contributed by atoms with van der Waals surface area (Å²) in [6.45, 7) is 6.95. The van der Waals surface area contributed by atoms with Crippen molar-refractivity contribution in [1.82, 2.24) is 6.24 Å².